The smallest absolute Gasteiger partial charge is 0.236 e. The molecular formula is C17H28N4O2S. The van der Waals surface area contributed by atoms with Crippen LogP contribution in [0.2, 0.25) is 0 Å². The van der Waals surface area contributed by atoms with Crippen molar-refractivity contribution in [3.05, 3.63) is 16.1 Å². The SMILES string of the molecule is CC(C)c1nc(CN2CCN(C(=O)CN3CCOCC3)CC2)cs1. The lowest BCUT2D eigenvalue weighted by molar-refractivity contribution is -0.135. The first-order chi connectivity index (χ1) is 11.6. The highest BCUT2D eigenvalue weighted by atomic mass is 32.1. The van der Waals surface area contributed by atoms with Crippen molar-refractivity contribution in [2.24, 2.45) is 0 Å². The first-order valence-electron chi connectivity index (χ1n) is 8.86. The molecule has 1 aromatic rings. The van der Waals surface area contributed by atoms with Gasteiger partial charge in [-0.05, 0) is 0 Å². The van der Waals surface area contributed by atoms with E-state index in [2.05, 4.69) is 29.0 Å². The number of morpholine rings is 1. The predicted octanol–water partition coefficient (Wildman–Crippen LogP) is 1.24. The summed E-state index contributed by atoms with van der Waals surface area (Å²) in [6, 6.07) is 0. The first kappa shape index (κ1) is 17.8. The van der Waals surface area contributed by atoms with Gasteiger partial charge in [-0.1, -0.05) is 13.8 Å². The third kappa shape index (κ3) is 4.75. The largest absolute Gasteiger partial charge is 0.379 e. The Balaban J connectivity index is 1.42. The molecule has 0 radical (unpaired) electrons. The normalized spacial score (nSPS) is 20.7. The third-order valence-electron chi connectivity index (χ3n) is 4.64. The average Bonchev–Trinajstić information content (AvgIpc) is 3.05. The van der Waals surface area contributed by atoms with Crippen molar-refractivity contribution in [1.29, 1.82) is 0 Å². The molecule has 6 nitrogen and oxygen atoms in total. The van der Waals surface area contributed by atoms with Crippen LogP contribution < -0.4 is 0 Å². The van der Waals surface area contributed by atoms with Crippen LogP contribution in [0.25, 0.3) is 0 Å². The zero-order valence-corrected chi connectivity index (χ0v) is 15.6. The number of hydrogen-bond donors (Lipinski definition) is 0. The number of amides is 1. The Bertz CT molecular complexity index is 534. The van der Waals surface area contributed by atoms with Crippen molar-refractivity contribution in [2.45, 2.75) is 26.3 Å². The van der Waals surface area contributed by atoms with E-state index in [0.29, 0.717) is 12.5 Å². The summed E-state index contributed by atoms with van der Waals surface area (Å²) in [7, 11) is 0. The predicted molar refractivity (Wildman–Crippen MR) is 95.3 cm³/mol. The van der Waals surface area contributed by atoms with Crippen LogP contribution >= 0.6 is 11.3 Å². The Labute approximate surface area is 148 Å². The Morgan fingerprint density at radius 2 is 1.88 bits per heavy atom. The summed E-state index contributed by atoms with van der Waals surface area (Å²) in [5.74, 6) is 0.755. The fraction of sp³-hybridized carbons (Fsp3) is 0.765. The van der Waals surface area contributed by atoms with Gasteiger partial charge in [-0.3, -0.25) is 14.6 Å². The molecule has 0 bridgehead atoms. The van der Waals surface area contributed by atoms with E-state index >= 15 is 0 Å². The summed E-state index contributed by atoms with van der Waals surface area (Å²) in [4.78, 5) is 23.7. The van der Waals surface area contributed by atoms with Gasteiger partial charge in [0.2, 0.25) is 5.91 Å². The standard InChI is InChI=1S/C17H28N4O2S/c1-14(2)17-18-15(13-24-17)11-19-3-5-21(6-4-19)16(22)12-20-7-9-23-10-8-20/h13-14H,3-12H2,1-2H3. The van der Waals surface area contributed by atoms with Gasteiger partial charge in [0.15, 0.2) is 0 Å². The lowest BCUT2D eigenvalue weighted by atomic mass is 10.2. The quantitative estimate of drug-likeness (QED) is 0.798. The molecule has 3 heterocycles. The van der Waals surface area contributed by atoms with Crippen LogP contribution in [0.4, 0.5) is 0 Å². The summed E-state index contributed by atoms with van der Waals surface area (Å²) < 4.78 is 5.34. The Kier molecular flexibility index (Phi) is 6.21. The van der Waals surface area contributed by atoms with Crippen molar-refractivity contribution < 1.29 is 9.53 Å². The van der Waals surface area contributed by atoms with Crippen LogP contribution in [0.1, 0.15) is 30.5 Å². The van der Waals surface area contributed by atoms with Gasteiger partial charge in [-0.2, -0.15) is 0 Å². The fourth-order valence-corrected chi connectivity index (χ4v) is 3.92. The minimum Gasteiger partial charge on any atom is -0.379 e. The van der Waals surface area contributed by atoms with Crippen molar-refractivity contribution in [3.63, 3.8) is 0 Å². The second-order valence-electron chi connectivity index (χ2n) is 6.88. The number of aromatic nitrogens is 1. The molecule has 3 rings (SSSR count). The topological polar surface area (TPSA) is 48.9 Å². The second kappa shape index (κ2) is 8.38. The molecule has 0 atom stereocenters. The van der Waals surface area contributed by atoms with E-state index in [0.717, 1.165) is 64.7 Å². The molecule has 7 heteroatoms. The molecule has 24 heavy (non-hydrogen) atoms. The lowest BCUT2D eigenvalue weighted by Crippen LogP contribution is -2.52. The maximum Gasteiger partial charge on any atom is 0.236 e. The summed E-state index contributed by atoms with van der Waals surface area (Å²) in [5.41, 5.74) is 1.16. The second-order valence-corrected chi connectivity index (χ2v) is 7.77. The number of rotatable bonds is 5. The Morgan fingerprint density at radius 1 is 1.17 bits per heavy atom. The number of nitrogens with zero attached hydrogens (tertiary/aromatic N) is 4. The number of piperazine rings is 1. The Morgan fingerprint density at radius 3 is 2.50 bits per heavy atom. The summed E-state index contributed by atoms with van der Waals surface area (Å²) >= 11 is 1.75. The van der Waals surface area contributed by atoms with Crippen molar-refractivity contribution >= 4 is 17.2 Å². The maximum absolute atomic E-state index is 12.4. The van der Waals surface area contributed by atoms with Gasteiger partial charge < -0.3 is 9.64 Å². The van der Waals surface area contributed by atoms with Crippen LogP contribution in [-0.2, 0) is 16.1 Å². The van der Waals surface area contributed by atoms with Gasteiger partial charge in [0.1, 0.15) is 0 Å². The van der Waals surface area contributed by atoms with Gasteiger partial charge in [-0.15, -0.1) is 11.3 Å². The van der Waals surface area contributed by atoms with E-state index in [1.165, 1.54) is 5.01 Å². The highest BCUT2D eigenvalue weighted by molar-refractivity contribution is 7.09. The van der Waals surface area contributed by atoms with E-state index in [-0.39, 0.29) is 5.91 Å². The van der Waals surface area contributed by atoms with Crippen molar-refractivity contribution in [2.75, 3.05) is 59.0 Å². The van der Waals surface area contributed by atoms with E-state index < -0.39 is 0 Å². The highest BCUT2D eigenvalue weighted by Gasteiger charge is 2.24. The van der Waals surface area contributed by atoms with Crippen LogP contribution in [0.15, 0.2) is 5.38 Å². The summed E-state index contributed by atoms with van der Waals surface area (Å²) in [6.07, 6.45) is 0. The molecule has 2 aliphatic rings. The van der Waals surface area contributed by atoms with E-state index in [4.69, 9.17) is 9.72 Å². The number of hydrogen-bond acceptors (Lipinski definition) is 6. The highest BCUT2D eigenvalue weighted by Crippen LogP contribution is 2.20. The molecule has 0 spiro atoms. The molecule has 1 aromatic heterocycles. The zero-order chi connectivity index (χ0) is 16.9. The summed E-state index contributed by atoms with van der Waals surface area (Å²) in [6.45, 7) is 12.5. The van der Waals surface area contributed by atoms with Crippen LogP contribution in [-0.4, -0.2) is 84.6 Å². The molecule has 0 unspecified atom stereocenters. The monoisotopic (exact) mass is 352 g/mol. The molecular weight excluding hydrogens is 324 g/mol. The molecule has 2 aliphatic heterocycles. The number of carbonyl (C=O) groups is 1. The van der Waals surface area contributed by atoms with Gasteiger partial charge in [0, 0.05) is 57.1 Å². The van der Waals surface area contributed by atoms with Crippen LogP contribution in [0, 0.1) is 0 Å². The van der Waals surface area contributed by atoms with Gasteiger partial charge >= 0.3 is 0 Å². The lowest BCUT2D eigenvalue weighted by Gasteiger charge is -2.36. The Hall–Kier alpha value is -1.02. The number of carbonyl (C=O) groups excluding carboxylic acids is 1. The van der Waals surface area contributed by atoms with E-state index in [9.17, 15) is 4.79 Å². The van der Waals surface area contributed by atoms with Crippen molar-refractivity contribution in [1.82, 2.24) is 19.7 Å². The van der Waals surface area contributed by atoms with Crippen molar-refractivity contribution in [3.8, 4) is 0 Å². The van der Waals surface area contributed by atoms with E-state index in [1.54, 1.807) is 11.3 Å². The molecule has 134 valence electrons. The summed E-state index contributed by atoms with van der Waals surface area (Å²) in [5, 5.41) is 3.38. The molecule has 0 aromatic carbocycles. The fourth-order valence-electron chi connectivity index (χ4n) is 3.10. The van der Waals surface area contributed by atoms with Gasteiger partial charge in [-0.25, -0.2) is 4.98 Å². The molecule has 2 fully saturated rings. The maximum atomic E-state index is 12.4. The minimum atomic E-state index is 0.257. The molecule has 0 N–H and O–H groups in total. The molecule has 2 saturated heterocycles. The third-order valence-corrected chi connectivity index (χ3v) is 5.83. The molecule has 0 saturated carbocycles. The van der Waals surface area contributed by atoms with E-state index in [1.807, 2.05) is 4.90 Å². The van der Waals surface area contributed by atoms with Crippen LogP contribution in [0.5, 0.6) is 0 Å². The average molecular weight is 353 g/mol. The van der Waals surface area contributed by atoms with Gasteiger partial charge in [0.05, 0.1) is 30.5 Å². The zero-order valence-electron chi connectivity index (χ0n) is 14.7. The first-order valence-corrected chi connectivity index (χ1v) is 9.74. The number of thiazole rings is 1. The molecule has 1 amide bonds. The molecule has 0 aliphatic carbocycles. The van der Waals surface area contributed by atoms with Crippen LogP contribution in [0.3, 0.4) is 0 Å². The van der Waals surface area contributed by atoms with Gasteiger partial charge in [0.25, 0.3) is 0 Å². The number of ether oxygens (including phenoxy) is 1. The minimum absolute atomic E-state index is 0.257.